The molecule has 0 unspecified atom stereocenters. The predicted octanol–water partition coefficient (Wildman–Crippen LogP) is 4.10. The normalized spacial score (nSPS) is 11.5. The standard InChI is InChI=1S/C19H19Cl2NO4/c1-12-9-14(7-8-16(12)20)25-11-19(24)26-10-18(23)22-13(2)15-5-3-4-6-17(15)21/h3-9,13H,10-11H2,1-2H3,(H,22,23)/t13-/m0/s1. The SMILES string of the molecule is Cc1cc(OCC(=O)OCC(=O)N[C@@H](C)c2ccccc2Cl)ccc1Cl. The van der Waals surface area contributed by atoms with Crippen LogP contribution in [0.3, 0.4) is 0 Å². The van der Waals surface area contributed by atoms with Gasteiger partial charge in [-0.1, -0.05) is 41.4 Å². The van der Waals surface area contributed by atoms with Gasteiger partial charge in [0.25, 0.3) is 5.91 Å². The molecule has 2 rings (SSSR count). The minimum absolute atomic E-state index is 0.297. The number of hydrogen-bond acceptors (Lipinski definition) is 4. The Morgan fingerprint density at radius 2 is 1.81 bits per heavy atom. The van der Waals surface area contributed by atoms with Crippen LogP contribution in [0.5, 0.6) is 5.75 Å². The Morgan fingerprint density at radius 1 is 1.08 bits per heavy atom. The number of ether oxygens (including phenoxy) is 2. The van der Waals surface area contributed by atoms with Crippen molar-refractivity contribution in [3.63, 3.8) is 0 Å². The van der Waals surface area contributed by atoms with E-state index in [9.17, 15) is 9.59 Å². The minimum atomic E-state index is -0.641. The monoisotopic (exact) mass is 395 g/mol. The van der Waals surface area contributed by atoms with E-state index >= 15 is 0 Å². The highest BCUT2D eigenvalue weighted by Gasteiger charge is 2.14. The van der Waals surface area contributed by atoms with Crippen LogP contribution < -0.4 is 10.1 Å². The molecule has 0 aliphatic carbocycles. The highest BCUT2D eigenvalue weighted by Crippen LogP contribution is 2.22. The van der Waals surface area contributed by atoms with E-state index in [1.165, 1.54) is 0 Å². The first-order chi connectivity index (χ1) is 12.4. The minimum Gasteiger partial charge on any atom is -0.482 e. The van der Waals surface area contributed by atoms with Gasteiger partial charge in [-0.25, -0.2) is 4.79 Å². The van der Waals surface area contributed by atoms with Gasteiger partial charge in [-0.15, -0.1) is 0 Å². The lowest BCUT2D eigenvalue weighted by molar-refractivity contribution is -0.150. The van der Waals surface area contributed by atoms with Crippen molar-refractivity contribution < 1.29 is 19.1 Å². The van der Waals surface area contributed by atoms with E-state index in [4.69, 9.17) is 32.7 Å². The van der Waals surface area contributed by atoms with Crippen LogP contribution >= 0.6 is 23.2 Å². The van der Waals surface area contributed by atoms with Crippen LogP contribution in [0.15, 0.2) is 42.5 Å². The average Bonchev–Trinajstić information content (AvgIpc) is 2.61. The van der Waals surface area contributed by atoms with Crippen molar-refractivity contribution in [2.75, 3.05) is 13.2 Å². The van der Waals surface area contributed by atoms with Crippen LogP contribution in [0.1, 0.15) is 24.1 Å². The third-order valence-corrected chi connectivity index (χ3v) is 4.37. The fourth-order valence-electron chi connectivity index (χ4n) is 2.22. The van der Waals surface area contributed by atoms with E-state index in [1.807, 2.05) is 25.1 Å². The van der Waals surface area contributed by atoms with Crippen molar-refractivity contribution in [2.45, 2.75) is 19.9 Å². The molecule has 0 saturated carbocycles. The van der Waals surface area contributed by atoms with Crippen LogP contribution in [-0.2, 0) is 14.3 Å². The summed E-state index contributed by atoms with van der Waals surface area (Å²) in [5, 5.41) is 3.90. The van der Waals surface area contributed by atoms with Gasteiger partial charge in [0.1, 0.15) is 5.75 Å². The molecule has 1 N–H and O–H groups in total. The Hall–Kier alpha value is -2.24. The summed E-state index contributed by atoms with van der Waals surface area (Å²) in [6.07, 6.45) is 0. The Balaban J connectivity index is 1.75. The summed E-state index contributed by atoms with van der Waals surface area (Å²) in [5.41, 5.74) is 1.63. The van der Waals surface area contributed by atoms with Crippen molar-refractivity contribution in [3.05, 3.63) is 63.6 Å². The van der Waals surface area contributed by atoms with E-state index < -0.39 is 18.5 Å². The predicted molar refractivity (Wildman–Crippen MR) is 101 cm³/mol. The van der Waals surface area contributed by atoms with E-state index in [-0.39, 0.29) is 12.6 Å². The van der Waals surface area contributed by atoms with Gasteiger partial charge in [0, 0.05) is 10.0 Å². The van der Waals surface area contributed by atoms with Crippen molar-refractivity contribution in [1.82, 2.24) is 5.32 Å². The molecule has 0 aromatic heterocycles. The molecule has 5 nitrogen and oxygen atoms in total. The first kappa shape index (κ1) is 20.1. The third kappa shape index (κ3) is 5.93. The van der Waals surface area contributed by atoms with Crippen LogP contribution in [0.4, 0.5) is 0 Å². The number of carbonyl (C=O) groups is 2. The topological polar surface area (TPSA) is 64.6 Å². The number of carbonyl (C=O) groups excluding carboxylic acids is 2. The lowest BCUT2D eigenvalue weighted by Crippen LogP contribution is -2.32. The van der Waals surface area contributed by atoms with Gasteiger partial charge in [0.05, 0.1) is 6.04 Å². The fraction of sp³-hybridized carbons (Fsp3) is 0.263. The average molecular weight is 396 g/mol. The molecule has 0 aliphatic heterocycles. The second-order valence-corrected chi connectivity index (χ2v) is 6.49. The van der Waals surface area contributed by atoms with E-state index in [0.717, 1.165) is 11.1 Å². The summed E-state index contributed by atoms with van der Waals surface area (Å²) in [5.74, 6) is -0.563. The van der Waals surface area contributed by atoms with Crippen molar-refractivity contribution in [2.24, 2.45) is 0 Å². The maximum Gasteiger partial charge on any atom is 0.344 e. The van der Waals surface area contributed by atoms with Gasteiger partial charge >= 0.3 is 5.97 Å². The Morgan fingerprint density at radius 3 is 2.50 bits per heavy atom. The van der Waals surface area contributed by atoms with Gasteiger partial charge in [0.15, 0.2) is 13.2 Å². The molecule has 1 amide bonds. The summed E-state index contributed by atoms with van der Waals surface area (Å²) >= 11 is 12.0. The molecule has 0 aliphatic rings. The number of hydrogen-bond donors (Lipinski definition) is 1. The lowest BCUT2D eigenvalue weighted by Gasteiger charge is -2.15. The largest absolute Gasteiger partial charge is 0.482 e. The highest BCUT2D eigenvalue weighted by molar-refractivity contribution is 6.31. The zero-order valence-corrected chi connectivity index (χ0v) is 15.9. The van der Waals surface area contributed by atoms with Gasteiger partial charge in [-0.05, 0) is 49.2 Å². The van der Waals surface area contributed by atoms with Crippen LogP contribution in [0.25, 0.3) is 0 Å². The highest BCUT2D eigenvalue weighted by atomic mass is 35.5. The molecule has 0 spiro atoms. The van der Waals surface area contributed by atoms with E-state index in [1.54, 1.807) is 31.2 Å². The Kier molecular flexibility index (Phi) is 7.30. The van der Waals surface area contributed by atoms with E-state index in [0.29, 0.717) is 15.8 Å². The Labute approximate surface area is 162 Å². The molecule has 1 atom stereocenters. The molecule has 7 heteroatoms. The number of aryl methyl sites for hydroxylation is 1. The molecule has 0 fully saturated rings. The van der Waals surface area contributed by atoms with Crippen molar-refractivity contribution >= 4 is 35.1 Å². The van der Waals surface area contributed by atoms with Gasteiger partial charge in [-0.3, -0.25) is 4.79 Å². The maximum atomic E-state index is 11.9. The second-order valence-electron chi connectivity index (χ2n) is 5.67. The first-order valence-corrected chi connectivity index (χ1v) is 8.70. The molecule has 2 aromatic carbocycles. The molecule has 26 heavy (non-hydrogen) atoms. The first-order valence-electron chi connectivity index (χ1n) is 7.95. The fourth-order valence-corrected chi connectivity index (χ4v) is 2.64. The summed E-state index contributed by atoms with van der Waals surface area (Å²) < 4.78 is 10.2. The number of benzene rings is 2. The molecular weight excluding hydrogens is 377 g/mol. The summed E-state index contributed by atoms with van der Waals surface area (Å²) in [4.78, 5) is 23.6. The third-order valence-electron chi connectivity index (χ3n) is 3.60. The molecule has 0 heterocycles. The quantitative estimate of drug-likeness (QED) is 0.716. The van der Waals surface area contributed by atoms with Crippen LogP contribution in [-0.4, -0.2) is 25.1 Å². The molecular formula is C19H19Cl2NO4. The van der Waals surface area contributed by atoms with Crippen molar-refractivity contribution in [1.29, 1.82) is 0 Å². The summed E-state index contributed by atoms with van der Waals surface area (Å²) in [6.45, 7) is 2.94. The maximum absolute atomic E-state index is 11.9. The number of halogens is 2. The second kappa shape index (κ2) is 9.46. The molecule has 138 valence electrons. The zero-order valence-electron chi connectivity index (χ0n) is 14.4. The number of amides is 1. The Bertz CT molecular complexity index is 795. The molecule has 2 aromatic rings. The van der Waals surface area contributed by atoms with Gasteiger partial charge < -0.3 is 14.8 Å². The molecule has 0 radical (unpaired) electrons. The summed E-state index contributed by atoms with van der Waals surface area (Å²) in [6, 6.07) is 12.0. The zero-order chi connectivity index (χ0) is 19.1. The summed E-state index contributed by atoms with van der Waals surface area (Å²) in [7, 11) is 0. The number of esters is 1. The van der Waals surface area contributed by atoms with Crippen LogP contribution in [0, 0.1) is 6.92 Å². The lowest BCUT2D eigenvalue weighted by atomic mass is 10.1. The number of nitrogens with one attached hydrogen (secondary N) is 1. The van der Waals surface area contributed by atoms with Crippen LogP contribution in [0.2, 0.25) is 10.0 Å². The molecule has 0 saturated heterocycles. The number of rotatable bonds is 7. The van der Waals surface area contributed by atoms with E-state index in [2.05, 4.69) is 5.32 Å². The van der Waals surface area contributed by atoms with Crippen molar-refractivity contribution in [3.8, 4) is 5.75 Å². The van der Waals surface area contributed by atoms with Gasteiger partial charge in [0.2, 0.25) is 0 Å². The molecule has 0 bridgehead atoms. The van der Waals surface area contributed by atoms with Gasteiger partial charge in [-0.2, -0.15) is 0 Å². The smallest absolute Gasteiger partial charge is 0.344 e.